The molecule has 86 valence electrons. The molecule has 0 radical (unpaired) electrons. The minimum Gasteiger partial charge on any atom is -0.304 e. The summed E-state index contributed by atoms with van der Waals surface area (Å²) in [5.74, 6) is 0. The largest absolute Gasteiger partial charge is 0.304 e. The summed E-state index contributed by atoms with van der Waals surface area (Å²) in [6.07, 6.45) is 9.44. The second-order valence-corrected chi connectivity index (χ2v) is 4.34. The molecule has 0 bridgehead atoms. The van der Waals surface area contributed by atoms with Crippen molar-refractivity contribution in [2.75, 3.05) is 39.8 Å². The van der Waals surface area contributed by atoms with Crippen molar-refractivity contribution in [3.8, 4) is 0 Å². The minimum absolute atomic E-state index is 0. The van der Waals surface area contributed by atoms with Crippen LogP contribution in [-0.2, 0) is 0 Å². The molecule has 1 aliphatic carbocycles. The Kier molecular flexibility index (Phi) is 5.06. The number of piperazine rings is 1. The minimum atomic E-state index is 0. The zero-order chi connectivity index (χ0) is 9.80. The van der Waals surface area contributed by atoms with Gasteiger partial charge in [-0.25, -0.2) is 0 Å². The topological polar surface area (TPSA) is 6.48 Å². The Labute approximate surface area is 94.3 Å². The second-order valence-electron chi connectivity index (χ2n) is 4.34. The van der Waals surface area contributed by atoms with Crippen molar-refractivity contribution in [2.45, 2.75) is 20.3 Å². The van der Waals surface area contributed by atoms with E-state index < -0.39 is 0 Å². The van der Waals surface area contributed by atoms with Crippen LogP contribution in [0.1, 0.15) is 20.3 Å². The van der Waals surface area contributed by atoms with Crippen LogP contribution in [0.25, 0.3) is 0 Å². The molecular weight excluding hydrogens is 184 g/mol. The van der Waals surface area contributed by atoms with Gasteiger partial charge in [-0.15, -0.1) is 0 Å². The summed E-state index contributed by atoms with van der Waals surface area (Å²) in [4.78, 5) is 4.96. The van der Waals surface area contributed by atoms with Crippen LogP contribution in [0.5, 0.6) is 0 Å². The molecule has 1 saturated heterocycles. The SMILES string of the molecule is C.CN1CCN(CC2=CCCC=C2)CC1. The molecule has 0 amide bonds. The van der Waals surface area contributed by atoms with E-state index in [1.165, 1.54) is 44.6 Å². The normalized spacial score (nSPS) is 23.4. The fourth-order valence-electron chi connectivity index (χ4n) is 2.05. The lowest BCUT2D eigenvalue weighted by atomic mass is 10.1. The van der Waals surface area contributed by atoms with Gasteiger partial charge in [-0.05, 0) is 25.5 Å². The summed E-state index contributed by atoms with van der Waals surface area (Å²) >= 11 is 0. The standard InChI is InChI=1S/C12H20N2.CH4/c1-13-7-9-14(10-8-13)11-12-5-3-2-4-6-12;/h3,5-6H,2,4,7-11H2,1H3;1H4. The van der Waals surface area contributed by atoms with E-state index >= 15 is 0 Å². The van der Waals surface area contributed by atoms with Gasteiger partial charge >= 0.3 is 0 Å². The first-order valence-corrected chi connectivity index (χ1v) is 5.61. The van der Waals surface area contributed by atoms with Crippen molar-refractivity contribution < 1.29 is 0 Å². The van der Waals surface area contributed by atoms with E-state index in [1.807, 2.05) is 0 Å². The molecular formula is C13H24N2. The molecule has 1 aliphatic heterocycles. The summed E-state index contributed by atoms with van der Waals surface area (Å²) in [6, 6.07) is 0. The predicted octanol–water partition coefficient (Wildman–Crippen LogP) is 2.15. The highest BCUT2D eigenvalue weighted by Gasteiger charge is 2.14. The molecule has 0 aromatic carbocycles. The smallest absolute Gasteiger partial charge is 0.0231 e. The van der Waals surface area contributed by atoms with E-state index in [-0.39, 0.29) is 7.43 Å². The molecule has 1 fully saturated rings. The van der Waals surface area contributed by atoms with E-state index in [1.54, 1.807) is 0 Å². The molecule has 0 aromatic rings. The van der Waals surface area contributed by atoms with Gasteiger partial charge in [0.15, 0.2) is 0 Å². The van der Waals surface area contributed by atoms with Crippen LogP contribution >= 0.6 is 0 Å². The van der Waals surface area contributed by atoms with Crippen molar-refractivity contribution >= 4 is 0 Å². The van der Waals surface area contributed by atoms with E-state index in [2.05, 4.69) is 35.1 Å². The lowest BCUT2D eigenvalue weighted by molar-refractivity contribution is 0.164. The van der Waals surface area contributed by atoms with Gasteiger partial charge in [-0.3, -0.25) is 4.90 Å². The average molecular weight is 208 g/mol. The average Bonchev–Trinajstić information content (AvgIpc) is 2.23. The number of hydrogen-bond donors (Lipinski definition) is 0. The van der Waals surface area contributed by atoms with Gasteiger partial charge in [0, 0.05) is 32.7 Å². The maximum atomic E-state index is 2.56. The summed E-state index contributed by atoms with van der Waals surface area (Å²) in [7, 11) is 2.21. The second kappa shape index (κ2) is 6.09. The van der Waals surface area contributed by atoms with Gasteiger partial charge in [0.25, 0.3) is 0 Å². The van der Waals surface area contributed by atoms with Gasteiger partial charge in [0.2, 0.25) is 0 Å². The summed E-state index contributed by atoms with van der Waals surface area (Å²) in [5.41, 5.74) is 1.51. The molecule has 0 atom stereocenters. The monoisotopic (exact) mass is 208 g/mol. The maximum absolute atomic E-state index is 2.56. The quantitative estimate of drug-likeness (QED) is 0.686. The maximum Gasteiger partial charge on any atom is 0.0231 e. The van der Waals surface area contributed by atoms with Gasteiger partial charge in [-0.1, -0.05) is 25.7 Å². The van der Waals surface area contributed by atoms with Gasteiger partial charge in [0.1, 0.15) is 0 Å². The third kappa shape index (κ3) is 3.80. The fourth-order valence-corrected chi connectivity index (χ4v) is 2.05. The molecule has 0 unspecified atom stereocenters. The van der Waals surface area contributed by atoms with Gasteiger partial charge in [-0.2, -0.15) is 0 Å². The zero-order valence-corrected chi connectivity index (χ0v) is 9.08. The van der Waals surface area contributed by atoms with E-state index in [9.17, 15) is 0 Å². The highest BCUT2D eigenvalue weighted by Crippen LogP contribution is 2.12. The van der Waals surface area contributed by atoms with Crippen LogP contribution in [0.2, 0.25) is 0 Å². The fraction of sp³-hybridized carbons (Fsp3) is 0.692. The number of nitrogens with zero attached hydrogens (tertiary/aromatic N) is 2. The first kappa shape index (κ1) is 12.5. The van der Waals surface area contributed by atoms with Crippen molar-refractivity contribution in [3.63, 3.8) is 0 Å². The van der Waals surface area contributed by atoms with Crippen molar-refractivity contribution in [1.82, 2.24) is 9.80 Å². The number of hydrogen-bond acceptors (Lipinski definition) is 2. The number of rotatable bonds is 2. The molecule has 0 aromatic heterocycles. The molecule has 0 N–H and O–H groups in total. The van der Waals surface area contributed by atoms with E-state index in [4.69, 9.17) is 0 Å². The summed E-state index contributed by atoms with van der Waals surface area (Å²) in [5, 5.41) is 0. The Balaban J connectivity index is 0.00000112. The van der Waals surface area contributed by atoms with Crippen LogP contribution in [0.15, 0.2) is 23.8 Å². The highest BCUT2D eigenvalue weighted by molar-refractivity contribution is 5.23. The third-order valence-corrected chi connectivity index (χ3v) is 3.07. The Morgan fingerprint density at radius 1 is 1.13 bits per heavy atom. The molecule has 1 heterocycles. The number of likely N-dealkylation sites (N-methyl/N-ethyl adjacent to an activating group) is 1. The Bertz CT molecular complexity index is 235. The molecule has 0 spiro atoms. The van der Waals surface area contributed by atoms with Gasteiger partial charge in [0.05, 0.1) is 0 Å². The lowest BCUT2D eigenvalue weighted by Crippen LogP contribution is -2.44. The van der Waals surface area contributed by atoms with Crippen LogP contribution in [-0.4, -0.2) is 49.6 Å². The third-order valence-electron chi connectivity index (χ3n) is 3.07. The van der Waals surface area contributed by atoms with Crippen LogP contribution in [0.3, 0.4) is 0 Å². The predicted molar refractivity (Wildman–Crippen MR) is 67.1 cm³/mol. The van der Waals surface area contributed by atoms with Crippen LogP contribution < -0.4 is 0 Å². The first-order valence-electron chi connectivity index (χ1n) is 5.61. The van der Waals surface area contributed by atoms with Gasteiger partial charge < -0.3 is 4.90 Å². The highest BCUT2D eigenvalue weighted by atomic mass is 15.2. The summed E-state index contributed by atoms with van der Waals surface area (Å²) in [6.45, 7) is 6.04. The zero-order valence-electron chi connectivity index (χ0n) is 9.08. The van der Waals surface area contributed by atoms with Crippen molar-refractivity contribution in [1.29, 1.82) is 0 Å². The van der Waals surface area contributed by atoms with Crippen molar-refractivity contribution in [3.05, 3.63) is 23.8 Å². The molecule has 2 aliphatic rings. The van der Waals surface area contributed by atoms with E-state index in [0.29, 0.717) is 0 Å². The Morgan fingerprint density at radius 2 is 1.87 bits per heavy atom. The van der Waals surface area contributed by atoms with E-state index in [0.717, 1.165) is 6.54 Å². The summed E-state index contributed by atoms with van der Waals surface area (Å²) < 4.78 is 0. The molecule has 15 heavy (non-hydrogen) atoms. The molecule has 0 saturated carbocycles. The molecule has 2 rings (SSSR count). The molecule has 2 nitrogen and oxygen atoms in total. The first-order chi connectivity index (χ1) is 6.84. The molecule has 2 heteroatoms. The van der Waals surface area contributed by atoms with Crippen LogP contribution in [0.4, 0.5) is 0 Å². The van der Waals surface area contributed by atoms with Crippen molar-refractivity contribution in [2.24, 2.45) is 0 Å². The Hall–Kier alpha value is -0.600. The Morgan fingerprint density at radius 3 is 2.47 bits per heavy atom. The number of allylic oxidation sites excluding steroid dienone is 2. The lowest BCUT2D eigenvalue weighted by Gasteiger charge is -2.32. The van der Waals surface area contributed by atoms with Crippen LogP contribution in [0, 0.1) is 0 Å².